The molecule has 20 heavy (non-hydrogen) atoms. The number of nitrogens with zero attached hydrogens (tertiary/aromatic N) is 2. The van der Waals surface area contributed by atoms with Crippen LogP contribution in [-0.2, 0) is 4.74 Å². The number of thiazole rings is 1. The van der Waals surface area contributed by atoms with Crippen molar-refractivity contribution in [1.82, 2.24) is 4.98 Å². The van der Waals surface area contributed by atoms with Gasteiger partial charge in [0.05, 0.1) is 9.48 Å². The van der Waals surface area contributed by atoms with Crippen LogP contribution in [0.4, 0.5) is 9.93 Å². The molecule has 0 bridgehead atoms. The van der Waals surface area contributed by atoms with Gasteiger partial charge in [-0.3, -0.25) is 0 Å². The number of aromatic nitrogens is 1. The highest BCUT2D eigenvalue weighted by Crippen LogP contribution is 2.36. The number of carbonyl (C=O) groups excluding carboxylic acids is 1. The highest BCUT2D eigenvalue weighted by atomic mass is 79.9. The topological polar surface area (TPSA) is 42.4 Å². The second-order valence-electron chi connectivity index (χ2n) is 6.14. The molecule has 4 nitrogen and oxygen atoms in total. The quantitative estimate of drug-likeness (QED) is 0.753. The number of hydrogen-bond acceptors (Lipinski definition) is 4. The Kier molecular flexibility index (Phi) is 4.74. The van der Waals surface area contributed by atoms with Gasteiger partial charge in [-0.15, -0.1) is 0 Å². The van der Waals surface area contributed by atoms with Crippen LogP contribution in [0.1, 0.15) is 52.1 Å². The zero-order valence-corrected chi connectivity index (χ0v) is 14.8. The molecule has 0 saturated heterocycles. The predicted octanol–water partition coefficient (Wildman–Crippen LogP) is 4.90. The van der Waals surface area contributed by atoms with E-state index in [1.54, 1.807) is 4.90 Å². The number of amides is 1. The molecule has 2 rings (SSSR count). The summed E-state index contributed by atoms with van der Waals surface area (Å²) in [7, 11) is 0. The molecule has 1 aromatic rings. The van der Waals surface area contributed by atoms with Crippen LogP contribution in [0.5, 0.6) is 0 Å². The number of ether oxygens (including phenoxy) is 1. The molecule has 1 saturated carbocycles. The largest absolute Gasteiger partial charge is 0.443 e. The molecular formula is C14H21BrN2O2S. The molecule has 0 aromatic carbocycles. The van der Waals surface area contributed by atoms with Gasteiger partial charge in [-0.25, -0.2) is 14.7 Å². The maximum atomic E-state index is 12.5. The van der Waals surface area contributed by atoms with Crippen LogP contribution >= 0.6 is 27.3 Å². The van der Waals surface area contributed by atoms with E-state index in [4.69, 9.17) is 4.74 Å². The molecule has 0 N–H and O–H groups in total. The Hall–Kier alpha value is -0.620. The van der Waals surface area contributed by atoms with Gasteiger partial charge in [0.25, 0.3) is 0 Å². The zero-order valence-electron chi connectivity index (χ0n) is 12.4. The highest BCUT2D eigenvalue weighted by Gasteiger charge is 2.33. The van der Waals surface area contributed by atoms with Gasteiger partial charge in [0, 0.05) is 6.04 Å². The molecular weight excluding hydrogens is 340 g/mol. The Labute approximate surface area is 132 Å². The van der Waals surface area contributed by atoms with Gasteiger partial charge in [0.1, 0.15) is 5.60 Å². The number of rotatable bonds is 2. The molecule has 1 aromatic heterocycles. The summed E-state index contributed by atoms with van der Waals surface area (Å²) >= 11 is 4.98. The highest BCUT2D eigenvalue weighted by molar-refractivity contribution is 9.11. The van der Waals surface area contributed by atoms with Crippen LogP contribution in [0.3, 0.4) is 0 Å². The summed E-state index contributed by atoms with van der Waals surface area (Å²) in [6.07, 6.45) is 4.08. The summed E-state index contributed by atoms with van der Waals surface area (Å²) in [6, 6.07) is 0.210. The fourth-order valence-electron chi connectivity index (χ4n) is 2.32. The first-order valence-corrected chi connectivity index (χ1v) is 8.54. The van der Waals surface area contributed by atoms with Gasteiger partial charge >= 0.3 is 6.09 Å². The summed E-state index contributed by atoms with van der Waals surface area (Å²) in [4.78, 5) is 18.8. The second-order valence-corrected chi connectivity index (χ2v) is 8.44. The van der Waals surface area contributed by atoms with Crippen LogP contribution in [0, 0.1) is 6.92 Å². The van der Waals surface area contributed by atoms with Crippen molar-refractivity contribution < 1.29 is 9.53 Å². The average Bonchev–Trinajstić information content (AvgIpc) is 2.89. The van der Waals surface area contributed by atoms with Crippen molar-refractivity contribution in [3.63, 3.8) is 0 Å². The first-order valence-electron chi connectivity index (χ1n) is 6.93. The predicted molar refractivity (Wildman–Crippen MR) is 85.5 cm³/mol. The number of anilines is 1. The number of hydrogen-bond donors (Lipinski definition) is 0. The normalized spacial score (nSPS) is 16.4. The van der Waals surface area contributed by atoms with Crippen molar-refractivity contribution in [2.24, 2.45) is 0 Å². The second kappa shape index (κ2) is 6.02. The van der Waals surface area contributed by atoms with Crippen LogP contribution in [-0.4, -0.2) is 22.7 Å². The van der Waals surface area contributed by atoms with Crippen molar-refractivity contribution in [3.05, 3.63) is 9.48 Å². The number of halogens is 1. The Bertz CT molecular complexity index is 470. The van der Waals surface area contributed by atoms with Crippen molar-refractivity contribution in [3.8, 4) is 0 Å². The molecule has 0 spiro atoms. The Morgan fingerprint density at radius 3 is 2.45 bits per heavy atom. The lowest BCUT2D eigenvalue weighted by molar-refractivity contribution is 0.0566. The molecule has 0 unspecified atom stereocenters. The van der Waals surface area contributed by atoms with Crippen molar-refractivity contribution in [2.75, 3.05) is 4.90 Å². The lowest BCUT2D eigenvalue weighted by Gasteiger charge is -2.29. The number of carbonyl (C=O) groups is 1. The van der Waals surface area contributed by atoms with Gasteiger partial charge in [0.15, 0.2) is 5.13 Å². The molecule has 112 valence electrons. The average molecular weight is 361 g/mol. The minimum atomic E-state index is -0.489. The van der Waals surface area contributed by atoms with Crippen molar-refractivity contribution in [1.29, 1.82) is 0 Å². The van der Waals surface area contributed by atoms with Gasteiger partial charge in [-0.2, -0.15) is 0 Å². The Morgan fingerprint density at radius 2 is 2.00 bits per heavy atom. The van der Waals surface area contributed by atoms with Crippen LogP contribution < -0.4 is 4.90 Å². The van der Waals surface area contributed by atoms with Gasteiger partial charge in [-0.05, 0) is 56.5 Å². The van der Waals surface area contributed by atoms with Gasteiger partial charge < -0.3 is 4.74 Å². The zero-order chi connectivity index (χ0) is 14.9. The summed E-state index contributed by atoms with van der Waals surface area (Å²) < 4.78 is 6.53. The van der Waals surface area contributed by atoms with E-state index in [1.165, 1.54) is 11.3 Å². The molecule has 0 aliphatic heterocycles. The fraction of sp³-hybridized carbons (Fsp3) is 0.714. The standard InChI is InChI=1S/C14H21BrN2O2S/c1-9-11(15)20-12(16-9)17(10-7-5-6-8-10)13(18)19-14(2,3)4/h10H,5-8H2,1-4H3. The van der Waals surface area contributed by atoms with E-state index in [1.807, 2.05) is 27.7 Å². The van der Waals surface area contributed by atoms with Gasteiger partial charge in [-0.1, -0.05) is 24.2 Å². The minimum absolute atomic E-state index is 0.210. The summed E-state index contributed by atoms with van der Waals surface area (Å²) in [5.74, 6) is 0. The summed E-state index contributed by atoms with van der Waals surface area (Å²) in [6.45, 7) is 7.61. The fourth-order valence-corrected chi connectivity index (χ4v) is 3.71. The molecule has 1 heterocycles. The molecule has 1 fully saturated rings. The lowest BCUT2D eigenvalue weighted by atomic mass is 10.2. The van der Waals surface area contributed by atoms with Crippen molar-refractivity contribution in [2.45, 2.75) is 65.0 Å². The van der Waals surface area contributed by atoms with E-state index in [0.717, 1.165) is 40.3 Å². The van der Waals surface area contributed by atoms with Crippen molar-refractivity contribution >= 4 is 38.5 Å². The SMILES string of the molecule is Cc1nc(N(C(=O)OC(C)(C)C)C2CCCC2)sc1Br. The maximum absolute atomic E-state index is 12.5. The first kappa shape index (κ1) is 15.8. The molecule has 0 radical (unpaired) electrons. The van der Waals surface area contributed by atoms with E-state index in [9.17, 15) is 4.79 Å². The minimum Gasteiger partial charge on any atom is -0.443 e. The summed E-state index contributed by atoms with van der Waals surface area (Å²) in [5, 5.41) is 0.732. The third kappa shape index (κ3) is 3.73. The van der Waals surface area contributed by atoms with Crippen LogP contribution in [0.25, 0.3) is 0 Å². The van der Waals surface area contributed by atoms with E-state index in [0.29, 0.717) is 0 Å². The molecule has 1 aliphatic rings. The van der Waals surface area contributed by atoms with E-state index in [2.05, 4.69) is 20.9 Å². The molecule has 6 heteroatoms. The van der Waals surface area contributed by atoms with E-state index >= 15 is 0 Å². The Balaban J connectivity index is 2.27. The lowest BCUT2D eigenvalue weighted by Crippen LogP contribution is -2.42. The third-order valence-corrected chi connectivity index (χ3v) is 5.22. The smallest absolute Gasteiger partial charge is 0.416 e. The maximum Gasteiger partial charge on any atom is 0.416 e. The first-order chi connectivity index (χ1) is 9.28. The Morgan fingerprint density at radius 1 is 1.40 bits per heavy atom. The van der Waals surface area contributed by atoms with Crippen LogP contribution in [0.2, 0.25) is 0 Å². The van der Waals surface area contributed by atoms with Gasteiger partial charge in [0.2, 0.25) is 0 Å². The molecule has 1 aliphatic carbocycles. The summed E-state index contributed by atoms with van der Waals surface area (Å²) in [5.41, 5.74) is 0.425. The third-order valence-electron chi connectivity index (χ3n) is 3.21. The number of aryl methyl sites for hydroxylation is 1. The van der Waals surface area contributed by atoms with Crippen LogP contribution in [0.15, 0.2) is 3.79 Å². The monoisotopic (exact) mass is 360 g/mol. The molecule has 1 amide bonds. The molecule has 0 atom stereocenters. The van der Waals surface area contributed by atoms with E-state index in [-0.39, 0.29) is 12.1 Å². The van der Waals surface area contributed by atoms with E-state index < -0.39 is 5.60 Å².